The lowest BCUT2D eigenvalue weighted by molar-refractivity contribution is 0.0809. The van der Waals surface area contributed by atoms with Crippen LogP contribution in [0.15, 0.2) is 65.7 Å². The number of hydrogen-bond donors (Lipinski definition) is 2. The minimum absolute atomic E-state index is 0.0247. The summed E-state index contributed by atoms with van der Waals surface area (Å²) in [5.41, 5.74) is 2.20. The first kappa shape index (κ1) is 20.9. The van der Waals surface area contributed by atoms with Crippen LogP contribution in [0.5, 0.6) is 5.88 Å². The van der Waals surface area contributed by atoms with E-state index in [1.165, 1.54) is 42.1 Å². The average Bonchev–Trinajstić information content (AvgIpc) is 2.70. The number of nitrogens with zero attached hydrogens (tertiary/aromatic N) is 2. The number of hydrogen-bond acceptors (Lipinski definition) is 5. The third-order valence-electron chi connectivity index (χ3n) is 4.22. The predicted molar refractivity (Wildman–Crippen MR) is 111 cm³/mol. The van der Waals surface area contributed by atoms with Gasteiger partial charge in [0.25, 0.3) is 11.5 Å². The Kier molecular flexibility index (Phi) is 6.36. The van der Waals surface area contributed by atoms with Gasteiger partial charge in [-0.1, -0.05) is 29.8 Å². The molecule has 0 saturated carbocycles. The molecule has 2 N–H and O–H groups in total. The van der Waals surface area contributed by atoms with Gasteiger partial charge in [0.2, 0.25) is 12.2 Å². The number of carbonyl (C=O) groups is 1. The second kappa shape index (κ2) is 9.13. The van der Waals surface area contributed by atoms with Crippen LogP contribution in [0.4, 0.5) is 4.39 Å². The van der Waals surface area contributed by atoms with Crippen LogP contribution >= 0.6 is 0 Å². The van der Waals surface area contributed by atoms with E-state index in [-0.39, 0.29) is 29.4 Å². The van der Waals surface area contributed by atoms with E-state index in [4.69, 9.17) is 10.1 Å². The zero-order valence-corrected chi connectivity index (χ0v) is 16.6. The quantitative estimate of drug-likeness (QED) is 0.484. The van der Waals surface area contributed by atoms with Gasteiger partial charge in [0.15, 0.2) is 0 Å². The molecule has 0 aliphatic heterocycles. The minimum atomic E-state index is -1.47. The Morgan fingerprint density at radius 3 is 2.70 bits per heavy atom. The third-order valence-corrected chi connectivity index (χ3v) is 4.22. The number of benzene rings is 1. The van der Waals surface area contributed by atoms with Crippen LogP contribution in [0.25, 0.3) is 0 Å². The molecule has 0 aliphatic rings. The van der Waals surface area contributed by atoms with E-state index in [2.05, 4.69) is 10.3 Å². The summed E-state index contributed by atoms with van der Waals surface area (Å²) in [4.78, 5) is 28.7. The van der Waals surface area contributed by atoms with Crippen molar-refractivity contribution in [3.8, 4) is 5.88 Å². The number of nitrogens with one attached hydrogen (secondary N) is 2. The lowest BCUT2D eigenvalue weighted by Crippen LogP contribution is -2.32. The van der Waals surface area contributed by atoms with Gasteiger partial charge < -0.3 is 14.6 Å². The molecule has 2 aromatic heterocycles. The molecule has 2 heterocycles. The van der Waals surface area contributed by atoms with Crippen molar-refractivity contribution in [2.45, 2.75) is 26.7 Å². The van der Waals surface area contributed by atoms with Crippen LogP contribution in [0.3, 0.4) is 0 Å². The first-order valence-corrected chi connectivity index (χ1v) is 9.25. The monoisotopic (exact) mass is 408 g/mol. The molecule has 0 radical (unpaired) electrons. The van der Waals surface area contributed by atoms with Gasteiger partial charge in [-0.3, -0.25) is 15.0 Å². The Morgan fingerprint density at radius 1 is 1.23 bits per heavy atom. The van der Waals surface area contributed by atoms with Gasteiger partial charge in [0.1, 0.15) is 5.84 Å². The molecular weight excluding hydrogens is 387 g/mol. The Labute approximate surface area is 172 Å². The molecule has 1 atom stereocenters. The molecule has 0 bridgehead atoms. The summed E-state index contributed by atoms with van der Waals surface area (Å²) in [5, 5.41) is 10.6. The van der Waals surface area contributed by atoms with Crippen molar-refractivity contribution in [2.75, 3.05) is 0 Å². The normalized spacial score (nSPS) is 11.6. The largest absolute Gasteiger partial charge is 0.444 e. The standard InChI is InChI=1S/C22H21FN4O3/c1-14-4-3-5-17(10-14)21(24)26-22(29)18-7-9-20(28)27(13-18)12-16-6-8-19(25-11-16)30-15(2)23/h3-11,13,15H,12H2,1-2H3,(H2,24,26,29). The highest BCUT2D eigenvalue weighted by Gasteiger charge is 2.12. The molecule has 154 valence electrons. The van der Waals surface area contributed by atoms with Crippen molar-refractivity contribution >= 4 is 11.7 Å². The number of aromatic nitrogens is 2. The number of pyridine rings is 2. The van der Waals surface area contributed by atoms with E-state index in [9.17, 15) is 14.0 Å². The number of amidine groups is 1. The van der Waals surface area contributed by atoms with Crippen LogP contribution in [0.1, 0.15) is 34.0 Å². The van der Waals surface area contributed by atoms with Crippen LogP contribution in [-0.2, 0) is 6.54 Å². The molecule has 1 amide bonds. The number of alkyl halides is 1. The van der Waals surface area contributed by atoms with Crippen LogP contribution in [0, 0.1) is 12.3 Å². The van der Waals surface area contributed by atoms with Crippen molar-refractivity contribution in [2.24, 2.45) is 0 Å². The smallest absolute Gasteiger partial charge is 0.258 e. The molecular formula is C22H21FN4O3. The van der Waals surface area contributed by atoms with Gasteiger partial charge in [-0.2, -0.15) is 0 Å². The first-order valence-electron chi connectivity index (χ1n) is 9.25. The van der Waals surface area contributed by atoms with Gasteiger partial charge in [0, 0.05) is 37.0 Å². The van der Waals surface area contributed by atoms with E-state index in [1.54, 1.807) is 18.2 Å². The zero-order chi connectivity index (χ0) is 21.7. The number of halogens is 1. The second-order valence-electron chi connectivity index (χ2n) is 6.75. The second-order valence-corrected chi connectivity index (χ2v) is 6.75. The summed E-state index contributed by atoms with van der Waals surface area (Å²) in [6.07, 6.45) is 1.43. The summed E-state index contributed by atoms with van der Waals surface area (Å²) in [6, 6.07) is 13.1. The predicted octanol–water partition coefficient (Wildman–Crippen LogP) is 3.05. The summed E-state index contributed by atoms with van der Waals surface area (Å²) in [6.45, 7) is 3.33. The van der Waals surface area contributed by atoms with Gasteiger partial charge >= 0.3 is 0 Å². The topological polar surface area (TPSA) is 97.1 Å². The van der Waals surface area contributed by atoms with Crippen molar-refractivity contribution < 1.29 is 13.9 Å². The number of rotatable bonds is 6. The molecule has 30 heavy (non-hydrogen) atoms. The molecule has 7 nitrogen and oxygen atoms in total. The molecule has 0 aliphatic carbocycles. The van der Waals surface area contributed by atoms with Crippen molar-refractivity contribution in [1.29, 1.82) is 5.41 Å². The molecule has 0 spiro atoms. The van der Waals surface area contributed by atoms with Crippen molar-refractivity contribution in [1.82, 2.24) is 14.9 Å². The fourth-order valence-electron chi connectivity index (χ4n) is 2.78. The fraction of sp³-hybridized carbons (Fsp3) is 0.182. The zero-order valence-electron chi connectivity index (χ0n) is 16.6. The molecule has 8 heteroatoms. The lowest BCUT2D eigenvalue weighted by Gasteiger charge is -2.11. The third kappa shape index (κ3) is 5.38. The molecule has 0 fully saturated rings. The van der Waals surface area contributed by atoms with Crippen molar-refractivity contribution in [3.63, 3.8) is 0 Å². The average molecular weight is 408 g/mol. The molecule has 1 aromatic carbocycles. The maximum Gasteiger partial charge on any atom is 0.258 e. The van der Waals surface area contributed by atoms with E-state index < -0.39 is 12.3 Å². The number of carbonyl (C=O) groups excluding carboxylic acids is 1. The van der Waals surface area contributed by atoms with E-state index in [0.29, 0.717) is 11.1 Å². The van der Waals surface area contributed by atoms with Gasteiger partial charge in [0.05, 0.1) is 12.1 Å². The van der Waals surface area contributed by atoms with Crippen LogP contribution in [-0.4, -0.2) is 27.7 Å². The van der Waals surface area contributed by atoms with Gasteiger partial charge in [-0.25, -0.2) is 9.37 Å². The van der Waals surface area contributed by atoms with Gasteiger partial charge in [-0.15, -0.1) is 0 Å². The number of ether oxygens (including phenoxy) is 1. The Balaban J connectivity index is 1.73. The molecule has 1 unspecified atom stereocenters. The summed E-state index contributed by atoms with van der Waals surface area (Å²) < 4.78 is 19.1. The highest BCUT2D eigenvalue weighted by atomic mass is 19.1. The van der Waals surface area contributed by atoms with Crippen molar-refractivity contribution in [3.05, 3.63) is 93.5 Å². The van der Waals surface area contributed by atoms with Crippen LogP contribution in [0.2, 0.25) is 0 Å². The minimum Gasteiger partial charge on any atom is -0.444 e. The highest BCUT2D eigenvalue weighted by molar-refractivity contribution is 6.11. The fourth-order valence-corrected chi connectivity index (χ4v) is 2.78. The molecule has 3 rings (SSSR count). The molecule has 0 saturated heterocycles. The first-order chi connectivity index (χ1) is 14.3. The van der Waals surface area contributed by atoms with E-state index in [1.807, 2.05) is 19.1 Å². The SMILES string of the molecule is Cc1cccc(C(=N)NC(=O)c2ccc(=O)n(Cc3ccc(OC(C)F)nc3)c2)c1. The molecule has 3 aromatic rings. The number of amides is 1. The lowest BCUT2D eigenvalue weighted by atomic mass is 10.1. The Hall–Kier alpha value is -3.81. The Bertz CT molecular complexity index is 1120. The van der Waals surface area contributed by atoms with E-state index >= 15 is 0 Å². The maximum atomic E-state index is 12.9. The van der Waals surface area contributed by atoms with Crippen LogP contribution < -0.4 is 15.6 Å². The summed E-state index contributed by atoms with van der Waals surface area (Å²) >= 11 is 0. The summed E-state index contributed by atoms with van der Waals surface area (Å²) in [5.74, 6) is -0.374. The summed E-state index contributed by atoms with van der Waals surface area (Å²) in [7, 11) is 0. The Morgan fingerprint density at radius 2 is 2.03 bits per heavy atom. The van der Waals surface area contributed by atoms with Gasteiger partial charge in [-0.05, 0) is 24.6 Å². The maximum absolute atomic E-state index is 12.9. The number of aryl methyl sites for hydroxylation is 1. The van der Waals surface area contributed by atoms with E-state index in [0.717, 1.165) is 5.56 Å². The highest BCUT2D eigenvalue weighted by Crippen LogP contribution is 2.11.